The fourth-order valence-corrected chi connectivity index (χ4v) is 5.24. The highest BCUT2D eigenvalue weighted by Gasteiger charge is 2.32. The van der Waals surface area contributed by atoms with Gasteiger partial charge in [0.05, 0.1) is 18.6 Å². The van der Waals surface area contributed by atoms with E-state index in [0.29, 0.717) is 38.8 Å². The number of amides is 2. The number of piperidine rings is 1. The van der Waals surface area contributed by atoms with Crippen molar-refractivity contribution in [1.82, 2.24) is 4.90 Å². The van der Waals surface area contributed by atoms with Crippen molar-refractivity contribution in [3.05, 3.63) is 65.2 Å². The topological polar surface area (TPSA) is 75.7 Å². The molecule has 4 rings (SSSR count). The summed E-state index contributed by atoms with van der Waals surface area (Å²) >= 11 is 0. The molecule has 0 radical (unpaired) electrons. The van der Waals surface area contributed by atoms with Crippen molar-refractivity contribution < 1.29 is 32.3 Å². The van der Waals surface area contributed by atoms with E-state index in [4.69, 9.17) is 4.74 Å². The lowest BCUT2D eigenvalue weighted by molar-refractivity contribution is -0.147. The van der Waals surface area contributed by atoms with E-state index in [1.54, 1.807) is 4.90 Å². The third-order valence-electron chi connectivity index (χ3n) is 7.52. The number of halogens is 3. The number of hydrogen-bond acceptors (Lipinski definition) is 4. The molecule has 2 amide bonds. The molecule has 2 aromatic carbocycles. The molecule has 9 heteroatoms. The fraction of sp³-hybridized carbons (Fsp3) is 0.464. The van der Waals surface area contributed by atoms with E-state index >= 15 is 0 Å². The van der Waals surface area contributed by atoms with E-state index in [2.05, 4.69) is 5.32 Å². The number of nitrogens with zero attached hydrogens (tertiary/aromatic N) is 1. The monoisotopic (exact) mass is 516 g/mol. The highest BCUT2D eigenvalue weighted by Crippen LogP contribution is 2.33. The molecular formula is C28H31F3N2O4. The van der Waals surface area contributed by atoms with E-state index in [1.807, 2.05) is 24.3 Å². The average molecular weight is 517 g/mol. The summed E-state index contributed by atoms with van der Waals surface area (Å²) in [6.45, 7) is 1.05. The Morgan fingerprint density at radius 2 is 1.41 bits per heavy atom. The Hall–Kier alpha value is -3.36. The lowest BCUT2D eigenvalue weighted by atomic mass is 9.81. The zero-order chi connectivity index (χ0) is 26.6. The number of alkyl halides is 3. The summed E-state index contributed by atoms with van der Waals surface area (Å²) in [4.78, 5) is 38.8. The highest BCUT2D eigenvalue weighted by molar-refractivity contribution is 5.94. The second-order valence-electron chi connectivity index (χ2n) is 9.82. The molecule has 1 aliphatic heterocycles. The van der Waals surface area contributed by atoms with Gasteiger partial charge >= 0.3 is 12.1 Å². The predicted molar refractivity (Wildman–Crippen MR) is 132 cm³/mol. The largest absolute Gasteiger partial charge is 0.469 e. The minimum atomic E-state index is -4.43. The molecule has 1 aliphatic carbocycles. The third-order valence-corrected chi connectivity index (χ3v) is 7.52. The molecule has 0 bridgehead atoms. The Morgan fingerprint density at radius 3 is 1.95 bits per heavy atom. The van der Waals surface area contributed by atoms with E-state index in [-0.39, 0.29) is 41.1 Å². The number of rotatable bonds is 5. The Bertz CT molecular complexity index is 1100. The zero-order valence-corrected chi connectivity index (χ0v) is 20.7. The van der Waals surface area contributed by atoms with Gasteiger partial charge in [-0.15, -0.1) is 0 Å². The van der Waals surface area contributed by atoms with Crippen molar-refractivity contribution in [2.24, 2.45) is 11.8 Å². The van der Waals surface area contributed by atoms with Crippen LogP contribution in [0.25, 0.3) is 0 Å². The summed E-state index contributed by atoms with van der Waals surface area (Å²) in [7, 11) is 1.39. The standard InChI is InChI=1S/C28H31F3N2O4/c1-37-27(36)22-4-2-20(3-5-22)25(34)32-24-12-8-18(9-13-24)19-14-16-33(17-15-19)26(35)21-6-10-23(11-7-21)28(29,30)31/h6-13,19-20,22H,2-5,14-17H2,1H3,(H,32,34). The van der Waals surface area contributed by atoms with Crippen molar-refractivity contribution in [2.75, 3.05) is 25.5 Å². The van der Waals surface area contributed by atoms with Crippen molar-refractivity contribution in [1.29, 1.82) is 0 Å². The number of carbonyl (C=O) groups excluding carboxylic acids is 3. The Labute approximate surface area is 214 Å². The second-order valence-corrected chi connectivity index (χ2v) is 9.82. The number of nitrogens with one attached hydrogen (secondary N) is 1. The summed E-state index contributed by atoms with van der Waals surface area (Å²) < 4.78 is 43.1. The van der Waals surface area contributed by atoms with Crippen LogP contribution in [0.1, 0.15) is 65.9 Å². The summed E-state index contributed by atoms with van der Waals surface area (Å²) in [6, 6.07) is 12.1. The van der Waals surface area contributed by atoms with Crippen molar-refractivity contribution in [2.45, 2.75) is 50.6 Å². The molecule has 2 aliphatic rings. The molecule has 6 nitrogen and oxygen atoms in total. The summed E-state index contributed by atoms with van der Waals surface area (Å²) in [5.41, 5.74) is 1.33. The van der Waals surface area contributed by atoms with Gasteiger partial charge in [0, 0.05) is 30.3 Å². The van der Waals surface area contributed by atoms with Crippen LogP contribution in [0.15, 0.2) is 48.5 Å². The molecule has 0 aromatic heterocycles. The van der Waals surface area contributed by atoms with Crippen molar-refractivity contribution in [3.63, 3.8) is 0 Å². The summed E-state index contributed by atoms with van der Waals surface area (Å²) in [5.74, 6) is -0.478. The maximum atomic E-state index is 12.8. The molecular weight excluding hydrogens is 485 g/mol. The van der Waals surface area contributed by atoms with E-state index in [0.717, 1.165) is 36.2 Å². The Morgan fingerprint density at radius 1 is 0.838 bits per heavy atom. The number of likely N-dealkylation sites (tertiary alicyclic amines) is 1. The number of esters is 1. The van der Waals surface area contributed by atoms with Gasteiger partial charge in [-0.25, -0.2) is 0 Å². The third kappa shape index (κ3) is 6.50. The van der Waals surface area contributed by atoms with Crippen LogP contribution < -0.4 is 5.32 Å². The van der Waals surface area contributed by atoms with Crippen LogP contribution in [-0.2, 0) is 20.5 Å². The molecule has 1 N–H and O–H groups in total. The van der Waals surface area contributed by atoms with Crippen molar-refractivity contribution >= 4 is 23.5 Å². The number of anilines is 1. The molecule has 0 spiro atoms. The van der Waals surface area contributed by atoms with E-state index in [9.17, 15) is 27.6 Å². The van der Waals surface area contributed by atoms with Gasteiger partial charge in [-0.2, -0.15) is 13.2 Å². The molecule has 0 unspecified atom stereocenters. The lowest BCUT2D eigenvalue weighted by Crippen LogP contribution is -2.37. The number of hydrogen-bond donors (Lipinski definition) is 1. The minimum absolute atomic E-state index is 0.0360. The van der Waals surface area contributed by atoms with Gasteiger partial charge in [0.2, 0.25) is 5.91 Å². The van der Waals surface area contributed by atoms with Gasteiger partial charge in [0.25, 0.3) is 5.91 Å². The zero-order valence-electron chi connectivity index (χ0n) is 20.7. The fourth-order valence-electron chi connectivity index (χ4n) is 5.24. The van der Waals surface area contributed by atoms with Gasteiger partial charge < -0.3 is 15.0 Å². The minimum Gasteiger partial charge on any atom is -0.469 e. The van der Waals surface area contributed by atoms with Crippen LogP contribution in [0.5, 0.6) is 0 Å². The normalized spacial score (nSPS) is 20.8. The van der Waals surface area contributed by atoms with Gasteiger partial charge in [0.1, 0.15) is 0 Å². The molecule has 198 valence electrons. The Balaban J connectivity index is 1.26. The highest BCUT2D eigenvalue weighted by atomic mass is 19.4. The number of benzene rings is 2. The molecule has 1 saturated heterocycles. The van der Waals surface area contributed by atoms with E-state index < -0.39 is 11.7 Å². The molecule has 1 saturated carbocycles. The second kappa shape index (κ2) is 11.4. The summed E-state index contributed by atoms with van der Waals surface area (Å²) in [6.07, 6.45) is -0.291. The maximum absolute atomic E-state index is 12.8. The van der Waals surface area contributed by atoms with Gasteiger partial charge in [-0.05, 0) is 86.4 Å². The Kier molecular flexibility index (Phi) is 8.19. The predicted octanol–water partition coefficient (Wildman–Crippen LogP) is 5.64. The first-order valence-corrected chi connectivity index (χ1v) is 12.6. The SMILES string of the molecule is COC(=O)C1CCC(C(=O)Nc2ccc(C3CCN(C(=O)c4ccc(C(F)(F)F)cc4)CC3)cc2)CC1. The van der Waals surface area contributed by atoms with Crippen LogP contribution in [0.3, 0.4) is 0 Å². The van der Waals surface area contributed by atoms with Crippen LogP contribution in [0, 0.1) is 11.8 Å². The average Bonchev–Trinajstić information content (AvgIpc) is 2.92. The molecule has 0 atom stereocenters. The number of methoxy groups -OCH3 is 1. The first kappa shape index (κ1) is 26.7. The van der Waals surface area contributed by atoms with Crippen molar-refractivity contribution in [3.8, 4) is 0 Å². The first-order valence-electron chi connectivity index (χ1n) is 12.6. The quantitative estimate of drug-likeness (QED) is 0.522. The number of ether oxygens (including phenoxy) is 1. The van der Waals surface area contributed by atoms with Gasteiger partial charge in [0.15, 0.2) is 0 Å². The van der Waals surface area contributed by atoms with Gasteiger partial charge in [-0.3, -0.25) is 14.4 Å². The van der Waals surface area contributed by atoms with Gasteiger partial charge in [-0.1, -0.05) is 12.1 Å². The van der Waals surface area contributed by atoms with E-state index in [1.165, 1.54) is 19.2 Å². The first-order chi connectivity index (χ1) is 17.7. The smallest absolute Gasteiger partial charge is 0.416 e. The lowest BCUT2D eigenvalue weighted by Gasteiger charge is -2.32. The molecule has 1 heterocycles. The molecule has 2 aromatic rings. The number of carbonyl (C=O) groups is 3. The van der Waals surface area contributed by atoms with Crippen LogP contribution in [0.2, 0.25) is 0 Å². The van der Waals surface area contributed by atoms with Crippen LogP contribution in [-0.4, -0.2) is 42.9 Å². The summed E-state index contributed by atoms with van der Waals surface area (Å²) in [5, 5.41) is 2.97. The van der Waals surface area contributed by atoms with Crippen LogP contribution in [0.4, 0.5) is 18.9 Å². The van der Waals surface area contributed by atoms with Crippen LogP contribution >= 0.6 is 0 Å². The maximum Gasteiger partial charge on any atom is 0.416 e. The molecule has 2 fully saturated rings. The molecule has 37 heavy (non-hydrogen) atoms.